The number of hydrogen-bond acceptors (Lipinski definition) is 5. The first-order valence-corrected chi connectivity index (χ1v) is 12.1. The molecule has 0 aliphatic rings. The number of nitrogens with two attached hydrogens (primary N) is 1. The summed E-state index contributed by atoms with van der Waals surface area (Å²) in [5.41, 5.74) is 5.91. The molecule has 0 bridgehead atoms. The summed E-state index contributed by atoms with van der Waals surface area (Å²) in [6.07, 6.45) is -1.42. The summed E-state index contributed by atoms with van der Waals surface area (Å²) in [6, 6.07) is 7.13. The summed E-state index contributed by atoms with van der Waals surface area (Å²) in [6.45, 7) is 11.3. The quantitative estimate of drug-likeness (QED) is 0.308. The van der Waals surface area contributed by atoms with Crippen molar-refractivity contribution in [2.75, 3.05) is 13.7 Å². The summed E-state index contributed by atoms with van der Waals surface area (Å²) < 4.78 is 16.1. The Balaban J connectivity index is 2.68. The molecule has 0 aliphatic carbocycles. The minimum absolute atomic E-state index is 0.120. The molecule has 1 atom stereocenters. The SMILES string of the molecule is COc1ccc(CC(OC(N)=O)C(=O)C#CCCO[Si](C)(C)C(C)(C)C)cc1. The van der Waals surface area contributed by atoms with Gasteiger partial charge in [0.25, 0.3) is 0 Å². The number of Topliss-reactive ketones (excluding diaryl/α,β-unsaturated/α-hetero) is 1. The van der Waals surface area contributed by atoms with Crippen LogP contribution in [0.15, 0.2) is 24.3 Å². The zero-order valence-corrected chi connectivity index (χ0v) is 18.6. The van der Waals surface area contributed by atoms with Crippen molar-refractivity contribution in [1.82, 2.24) is 0 Å². The van der Waals surface area contributed by atoms with E-state index in [0.717, 1.165) is 5.56 Å². The monoisotopic (exact) mass is 405 g/mol. The van der Waals surface area contributed by atoms with Crippen LogP contribution in [0.5, 0.6) is 5.75 Å². The Morgan fingerprint density at radius 3 is 2.29 bits per heavy atom. The van der Waals surface area contributed by atoms with Gasteiger partial charge in [0, 0.05) is 19.4 Å². The number of ketones is 1. The standard InChI is InChI=1S/C21H31NO5Si/c1-21(2,3)28(5,6)26-14-8-7-9-18(23)19(27-20(22)24)15-16-10-12-17(25-4)13-11-16/h10-13,19H,8,14-15H2,1-6H3,(H2,22,24). The third-order valence-electron chi connectivity index (χ3n) is 4.84. The van der Waals surface area contributed by atoms with Gasteiger partial charge in [-0.05, 0) is 41.7 Å². The molecule has 1 aromatic rings. The summed E-state index contributed by atoms with van der Waals surface area (Å²) in [5, 5.41) is 0.120. The molecule has 6 nitrogen and oxygen atoms in total. The van der Waals surface area contributed by atoms with Crippen LogP contribution in [0, 0.1) is 11.8 Å². The fourth-order valence-corrected chi connectivity index (χ4v) is 3.15. The van der Waals surface area contributed by atoms with Gasteiger partial charge in [0.2, 0.25) is 5.78 Å². The van der Waals surface area contributed by atoms with E-state index < -0.39 is 26.3 Å². The van der Waals surface area contributed by atoms with Crippen LogP contribution in [-0.4, -0.2) is 40.0 Å². The zero-order chi connectivity index (χ0) is 21.4. The van der Waals surface area contributed by atoms with Crippen LogP contribution in [-0.2, 0) is 20.4 Å². The van der Waals surface area contributed by atoms with Gasteiger partial charge in [-0.2, -0.15) is 0 Å². The Hall–Kier alpha value is -2.30. The molecule has 0 fully saturated rings. The van der Waals surface area contributed by atoms with Crippen molar-refractivity contribution < 1.29 is 23.5 Å². The number of primary amides is 1. The Bertz CT molecular complexity index is 726. The second-order valence-corrected chi connectivity index (χ2v) is 12.8. The van der Waals surface area contributed by atoms with Gasteiger partial charge < -0.3 is 19.6 Å². The highest BCUT2D eigenvalue weighted by atomic mass is 28.4. The van der Waals surface area contributed by atoms with Crippen LogP contribution in [0.25, 0.3) is 0 Å². The van der Waals surface area contributed by atoms with E-state index in [4.69, 9.17) is 19.6 Å². The Morgan fingerprint density at radius 1 is 1.18 bits per heavy atom. The Morgan fingerprint density at radius 2 is 1.79 bits per heavy atom. The largest absolute Gasteiger partial charge is 0.497 e. The van der Waals surface area contributed by atoms with Crippen LogP contribution in [0.4, 0.5) is 4.79 Å². The molecule has 0 radical (unpaired) electrons. The lowest BCUT2D eigenvalue weighted by molar-refractivity contribution is -0.121. The molecule has 154 valence electrons. The zero-order valence-electron chi connectivity index (χ0n) is 17.6. The summed E-state index contributed by atoms with van der Waals surface area (Å²) in [4.78, 5) is 23.5. The van der Waals surface area contributed by atoms with Crippen LogP contribution in [0.2, 0.25) is 18.1 Å². The first-order chi connectivity index (χ1) is 13.0. The van der Waals surface area contributed by atoms with Crippen LogP contribution in [0.3, 0.4) is 0 Å². The van der Waals surface area contributed by atoms with Gasteiger partial charge in [0.15, 0.2) is 14.4 Å². The van der Waals surface area contributed by atoms with E-state index >= 15 is 0 Å². The Kier molecular flexibility index (Phi) is 8.73. The van der Waals surface area contributed by atoms with E-state index in [2.05, 4.69) is 45.7 Å². The van der Waals surface area contributed by atoms with Crippen LogP contribution < -0.4 is 10.5 Å². The molecular weight excluding hydrogens is 374 g/mol. The highest BCUT2D eigenvalue weighted by Gasteiger charge is 2.36. The highest BCUT2D eigenvalue weighted by molar-refractivity contribution is 6.74. The number of hydrogen-bond donors (Lipinski definition) is 1. The van der Waals surface area contributed by atoms with Crippen LogP contribution in [0.1, 0.15) is 32.8 Å². The van der Waals surface area contributed by atoms with Crippen molar-refractivity contribution >= 4 is 20.2 Å². The van der Waals surface area contributed by atoms with E-state index in [1.54, 1.807) is 31.4 Å². The second kappa shape index (κ2) is 10.3. The number of carbonyl (C=O) groups excluding carboxylic acids is 2. The van der Waals surface area contributed by atoms with Gasteiger partial charge in [-0.1, -0.05) is 38.8 Å². The molecule has 0 aliphatic heterocycles. The predicted molar refractivity (Wildman–Crippen MR) is 112 cm³/mol. The number of rotatable bonds is 8. The normalized spacial score (nSPS) is 12.5. The molecule has 0 spiro atoms. The third-order valence-corrected chi connectivity index (χ3v) is 9.38. The molecular formula is C21H31NO5Si. The lowest BCUT2D eigenvalue weighted by Gasteiger charge is -2.35. The maximum Gasteiger partial charge on any atom is 0.405 e. The molecule has 1 aromatic carbocycles. The van der Waals surface area contributed by atoms with Crippen LogP contribution >= 0.6 is 0 Å². The summed E-state index contributed by atoms with van der Waals surface area (Å²) >= 11 is 0. The van der Waals surface area contributed by atoms with Gasteiger partial charge in [-0.3, -0.25) is 4.79 Å². The maximum absolute atomic E-state index is 12.4. The van der Waals surface area contributed by atoms with Crippen molar-refractivity contribution in [2.45, 2.75) is 57.8 Å². The van der Waals surface area contributed by atoms with E-state index in [9.17, 15) is 9.59 Å². The maximum atomic E-state index is 12.4. The predicted octanol–water partition coefficient (Wildman–Crippen LogP) is 3.69. The van der Waals surface area contributed by atoms with Gasteiger partial charge in [0.05, 0.1) is 7.11 Å². The average Bonchev–Trinajstić information content (AvgIpc) is 2.60. The molecule has 0 aromatic heterocycles. The lowest BCUT2D eigenvalue weighted by Crippen LogP contribution is -2.40. The van der Waals surface area contributed by atoms with E-state index in [0.29, 0.717) is 18.8 Å². The first kappa shape index (κ1) is 23.7. The van der Waals surface area contributed by atoms with Crippen molar-refractivity contribution in [1.29, 1.82) is 0 Å². The van der Waals surface area contributed by atoms with Gasteiger partial charge >= 0.3 is 6.09 Å². The van der Waals surface area contributed by atoms with Crippen molar-refractivity contribution in [3.8, 4) is 17.6 Å². The number of amides is 1. The first-order valence-electron chi connectivity index (χ1n) is 9.22. The van der Waals surface area contributed by atoms with Gasteiger partial charge in [-0.15, -0.1) is 0 Å². The summed E-state index contributed by atoms with van der Waals surface area (Å²) in [7, 11) is -0.262. The molecule has 0 saturated heterocycles. The molecule has 28 heavy (non-hydrogen) atoms. The molecule has 0 heterocycles. The molecule has 7 heteroatoms. The van der Waals surface area contributed by atoms with Crippen molar-refractivity contribution in [3.63, 3.8) is 0 Å². The van der Waals surface area contributed by atoms with Crippen molar-refractivity contribution in [3.05, 3.63) is 29.8 Å². The lowest BCUT2D eigenvalue weighted by atomic mass is 10.0. The summed E-state index contributed by atoms with van der Waals surface area (Å²) in [5.74, 6) is 5.57. The topological polar surface area (TPSA) is 87.9 Å². The van der Waals surface area contributed by atoms with Crippen molar-refractivity contribution in [2.24, 2.45) is 5.73 Å². The van der Waals surface area contributed by atoms with Gasteiger partial charge in [-0.25, -0.2) is 4.79 Å². The third kappa shape index (κ3) is 7.75. The molecule has 1 rings (SSSR count). The molecule has 1 unspecified atom stereocenters. The number of methoxy groups -OCH3 is 1. The number of ether oxygens (including phenoxy) is 2. The number of carbonyl (C=O) groups is 2. The average molecular weight is 406 g/mol. The van der Waals surface area contributed by atoms with Gasteiger partial charge in [0.1, 0.15) is 5.75 Å². The van der Waals surface area contributed by atoms with E-state index in [1.165, 1.54) is 0 Å². The minimum Gasteiger partial charge on any atom is -0.497 e. The molecule has 0 saturated carbocycles. The molecule has 1 amide bonds. The second-order valence-electron chi connectivity index (χ2n) is 8.00. The highest BCUT2D eigenvalue weighted by Crippen LogP contribution is 2.36. The smallest absolute Gasteiger partial charge is 0.405 e. The fourth-order valence-electron chi connectivity index (χ4n) is 2.11. The van der Waals surface area contributed by atoms with E-state index in [-0.39, 0.29) is 11.5 Å². The number of benzene rings is 1. The Labute approximate surface area is 168 Å². The fraction of sp³-hybridized carbons (Fsp3) is 0.524. The minimum atomic E-state index is -1.83. The van der Waals surface area contributed by atoms with E-state index in [1.807, 2.05) is 0 Å². The molecule has 2 N–H and O–H groups in total.